The van der Waals surface area contributed by atoms with Crippen LogP contribution in [0.15, 0.2) is 29.4 Å². The minimum Gasteiger partial charge on any atom is -0.345 e. The molecule has 0 spiro atoms. The summed E-state index contributed by atoms with van der Waals surface area (Å²) in [5.41, 5.74) is 8.86. The normalized spacial score (nSPS) is 14.6. The fourth-order valence-electron chi connectivity index (χ4n) is 3.78. The van der Waals surface area contributed by atoms with Crippen LogP contribution in [-0.4, -0.2) is 28.6 Å². The molecule has 0 aliphatic heterocycles. The van der Waals surface area contributed by atoms with Gasteiger partial charge >= 0.3 is 11.8 Å². The summed E-state index contributed by atoms with van der Waals surface area (Å²) in [6, 6.07) is 8.50. The Morgan fingerprint density at radius 1 is 1.07 bits per heavy atom. The second kappa shape index (κ2) is 8.42. The maximum Gasteiger partial charge on any atom is 0.329 e. The summed E-state index contributed by atoms with van der Waals surface area (Å²) in [6.07, 6.45) is 5.66. The van der Waals surface area contributed by atoms with Crippen LogP contribution in [0.1, 0.15) is 53.8 Å². The number of amides is 2. The van der Waals surface area contributed by atoms with Gasteiger partial charge < -0.3 is 9.88 Å². The van der Waals surface area contributed by atoms with Gasteiger partial charge in [-0.2, -0.15) is 5.10 Å². The van der Waals surface area contributed by atoms with Crippen LogP contribution in [0.2, 0.25) is 0 Å². The number of hydrogen-bond acceptors (Lipinski definition) is 3. The van der Waals surface area contributed by atoms with Gasteiger partial charge in [0.05, 0.1) is 6.21 Å². The minimum atomic E-state index is -0.730. The van der Waals surface area contributed by atoms with Crippen molar-refractivity contribution in [2.24, 2.45) is 5.10 Å². The lowest BCUT2D eigenvalue weighted by molar-refractivity contribution is -0.139. The van der Waals surface area contributed by atoms with Gasteiger partial charge in [0, 0.05) is 28.7 Å². The van der Waals surface area contributed by atoms with Gasteiger partial charge in [0.15, 0.2) is 0 Å². The molecule has 6 nitrogen and oxygen atoms in total. The van der Waals surface area contributed by atoms with Crippen molar-refractivity contribution in [1.29, 1.82) is 0 Å². The molecule has 0 saturated heterocycles. The Hall–Kier alpha value is -2.89. The summed E-state index contributed by atoms with van der Waals surface area (Å²) in [4.78, 5) is 23.9. The average Bonchev–Trinajstić information content (AvgIpc) is 3.25. The molecule has 2 aromatic rings. The molecule has 1 saturated carbocycles. The lowest BCUT2D eigenvalue weighted by Crippen LogP contribution is -2.42. The van der Waals surface area contributed by atoms with Crippen molar-refractivity contribution in [3.8, 4) is 5.69 Å². The zero-order valence-electron chi connectivity index (χ0n) is 17.0. The van der Waals surface area contributed by atoms with Gasteiger partial charge in [0.25, 0.3) is 0 Å². The predicted molar refractivity (Wildman–Crippen MR) is 111 cm³/mol. The van der Waals surface area contributed by atoms with E-state index in [9.17, 15) is 9.59 Å². The number of carbonyl (C=O) groups is 2. The molecule has 0 bridgehead atoms. The molecule has 1 heterocycles. The predicted octanol–water partition coefficient (Wildman–Crippen LogP) is 3.22. The third kappa shape index (κ3) is 4.32. The van der Waals surface area contributed by atoms with Crippen molar-refractivity contribution in [1.82, 2.24) is 15.3 Å². The molecule has 28 heavy (non-hydrogen) atoms. The van der Waals surface area contributed by atoms with Crippen molar-refractivity contribution in [2.75, 3.05) is 0 Å². The van der Waals surface area contributed by atoms with Crippen LogP contribution in [0.4, 0.5) is 0 Å². The highest BCUT2D eigenvalue weighted by atomic mass is 16.2. The number of hydrogen-bond donors (Lipinski definition) is 2. The fourth-order valence-corrected chi connectivity index (χ4v) is 3.78. The van der Waals surface area contributed by atoms with Crippen molar-refractivity contribution in [3.05, 3.63) is 52.3 Å². The molecule has 148 valence electrons. The molecule has 1 aromatic heterocycles. The topological polar surface area (TPSA) is 75.5 Å². The van der Waals surface area contributed by atoms with Crippen LogP contribution in [0.5, 0.6) is 0 Å². The molecule has 1 aromatic carbocycles. The molecular formula is C22H28N4O2. The zero-order chi connectivity index (χ0) is 20.3. The first-order valence-electron chi connectivity index (χ1n) is 9.77. The summed E-state index contributed by atoms with van der Waals surface area (Å²) >= 11 is 0. The van der Waals surface area contributed by atoms with Gasteiger partial charge in [-0.25, -0.2) is 5.43 Å². The SMILES string of the molecule is Cc1ccc(C)c(-n2c(C)cc(/C=N\NC(=O)C(=O)NC3CCCC3)c2C)c1. The van der Waals surface area contributed by atoms with E-state index in [2.05, 4.69) is 52.5 Å². The maximum absolute atomic E-state index is 11.9. The number of aryl methyl sites for hydroxylation is 3. The number of rotatable bonds is 4. The molecule has 3 rings (SSSR count). The Kier molecular flexibility index (Phi) is 5.97. The monoisotopic (exact) mass is 380 g/mol. The van der Waals surface area contributed by atoms with E-state index < -0.39 is 11.8 Å². The maximum atomic E-state index is 11.9. The van der Waals surface area contributed by atoms with E-state index >= 15 is 0 Å². The van der Waals surface area contributed by atoms with Crippen LogP contribution in [0.25, 0.3) is 5.69 Å². The van der Waals surface area contributed by atoms with E-state index in [1.165, 1.54) is 11.1 Å². The van der Waals surface area contributed by atoms with E-state index in [4.69, 9.17) is 0 Å². The van der Waals surface area contributed by atoms with Gasteiger partial charge in [-0.1, -0.05) is 25.0 Å². The number of nitrogens with zero attached hydrogens (tertiary/aromatic N) is 2. The molecular weight excluding hydrogens is 352 g/mol. The molecule has 1 aliphatic rings. The van der Waals surface area contributed by atoms with E-state index in [1.807, 2.05) is 19.9 Å². The van der Waals surface area contributed by atoms with Gasteiger partial charge in [-0.05, 0) is 63.8 Å². The van der Waals surface area contributed by atoms with Crippen LogP contribution in [-0.2, 0) is 9.59 Å². The Labute approximate surface area is 166 Å². The highest BCUT2D eigenvalue weighted by Gasteiger charge is 2.21. The van der Waals surface area contributed by atoms with Gasteiger partial charge in [-0.15, -0.1) is 0 Å². The Morgan fingerprint density at radius 3 is 2.50 bits per heavy atom. The Morgan fingerprint density at radius 2 is 1.79 bits per heavy atom. The van der Waals surface area contributed by atoms with Crippen molar-refractivity contribution >= 4 is 18.0 Å². The third-order valence-corrected chi connectivity index (χ3v) is 5.34. The van der Waals surface area contributed by atoms with E-state index in [-0.39, 0.29) is 6.04 Å². The van der Waals surface area contributed by atoms with E-state index in [0.29, 0.717) is 0 Å². The first-order valence-corrected chi connectivity index (χ1v) is 9.77. The number of hydrazone groups is 1. The highest BCUT2D eigenvalue weighted by Crippen LogP contribution is 2.23. The molecule has 0 atom stereocenters. The molecule has 0 radical (unpaired) electrons. The lowest BCUT2D eigenvalue weighted by Gasteiger charge is -2.13. The quantitative estimate of drug-likeness (QED) is 0.485. The van der Waals surface area contributed by atoms with Gasteiger partial charge in [0.1, 0.15) is 0 Å². The summed E-state index contributed by atoms with van der Waals surface area (Å²) < 4.78 is 2.18. The first kappa shape index (κ1) is 19.9. The van der Waals surface area contributed by atoms with Crippen molar-refractivity contribution < 1.29 is 9.59 Å². The van der Waals surface area contributed by atoms with Crippen molar-refractivity contribution in [2.45, 2.75) is 59.4 Å². The van der Waals surface area contributed by atoms with Crippen molar-refractivity contribution in [3.63, 3.8) is 0 Å². The molecule has 1 aliphatic carbocycles. The smallest absolute Gasteiger partial charge is 0.329 e. The fraction of sp³-hybridized carbons (Fsp3) is 0.409. The lowest BCUT2D eigenvalue weighted by atomic mass is 10.1. The minimum absolute atomic E-state index is 0.110. The molecule has 0 unspecified atom stereocenters. The molecule has 2 amide bonds. The van der Waals surface area contributed by atoms with Gasteiger partial charge in [-0.3, -0.25) is 9.59 Å². The molecule has 2 N–H and O–H groups in total. The number of aromatic nitrogens is 1. The van der Waals surface area contributed by atoms with Crippen LogP contribution in [0.3, 0.4) is 0 Å². The standard InChI is InChI=1S/C22H28N4O2/c1-14-9-10-15(2)20(11-14)26-16(3)12-18(17(26)4)13-23-25-22(28)21(27)24-19-7-5-6-8-19/h9-13,19H,5-8H2,1-4H3,(H,24,27)(H,25,28)/b23-13-. The summed E-state index contributed by atoms with van der Waals surface area (Å²) in [6.45, 7) is 8.22. The second-order valence-electron chi connectivity index (χ2n) is 7.61. The Bertz CT molecular complexity index is 921. The third-order valence-electron chi connectivity index (χ3n) is 5.34. The summed E-state index contributed by atoms with van der Waals surface area (Å²) in [5, 5.41) is 6.74. The Balaban J connectivity index is 1.70. The first-order chi connectivity index (χ1) is 13.4. The zero-order valence-corrected chi connectivity index (χ0v) is 17.0. The average molecular weight is 380 g/mol. The molecule has 6 heteroatoms. The number of nitrogens with one attached hydrogen (secondary N) is 2. The van der Waals surface area contributed by atoms with E-state index in [1.54, 1.807) is 6.21 Å². The number of carbonyl (C=O) groups excluding carboxylic acids is 2. The van der Waals surface area contributed by atoms with Gasteiger partial charge in [0.2, 0.25) is 0 Å². The second-order valence-corrected chi connectivity index (χ2v) is 7.61. The number of benzene rings is 1. The van der Waals surface area contributed by atoms with Crippen LogP contribution < -0.4 is 10.7 Å². The van der Waals surface area contributed by atoms with E-state index in [0.717, 1.165) is 48.3 Å². The van der Waals surface area contributed by atoms with Crippen LogP contribution >= 0.6 is 0 Å². The largest absolute Gasteiger partial charge is 0.345 e. The van der Waals surface area contributed by atoms with Crippen LogP contribution in [0, 0.1) is 27.7 Å². The summed E-state index contributed by atoms with van der Waals surface area (Å²) in [5.74, 6) is -1.35. The molecule has 1 fully saturated rings. The summed E-state index contributed by atoms with van der Waals surface area (Å²) in [7, 11) is 0. The highest BCUT2D eigenvalue weighted by molar-refractivity contribution is 6.35.